The predicted octanol–water partition coefficient (Wildman–Crippen LogP) is 3.81. The van der Waals surface area contributed by atoms with Gasteiger partial charge in [0, 0.05) is 37.4 Å². The number of sulfone groups is 1. The smallest absolute Gasteiger partial charge is 0.270 e. The van der Waals surface area contributed by atoms with Crippen molar-refractivity contribution in [3.05, 3.63) is 69.8 Å². The summed E-state index contributed by atoms with van der Waals surface area (Å²) in [4.78, 5) is 69.8. The molecule has 0 spiro atoms. The molecule has 1 heterocycles. The molecule has 55 heavy (non-hydrogen) atoms. The maximum Gasteiger partial charge on any atom is 0.270 e. The number of nitro benzene ring substituents is 1. The van der Waals surface area contributed by atoms with Gasteiger partial charge in [-0.2, -0.15) is 0 Å². The number of nitrogens with two attached hydrogens (primary N) is 2. The molecule has 1 aliphatic heterocycles. The van der Waals surface area contributed by atoms with Crippen molar-refractivity contribution < 1.29 is 37.6 Å². The third kappa shape index (κ3) is 9.86. The van der Waals surface area contributed by atoms with Gasteiger partial charge in [0.05, 0.1) is 27.7 Å². The van der Waals surface area contributed by atoms with Crippen LogP contribution in [0.2, 0.25) is 0 Å². The molecule has 2 aromatic carbocycles. The first kappa shape index (κ1) is 43.7. The van der Waals surface area contributed by atoms with E-state index >= 15 is 4.79 Å². The van der Waals surface area contributed by atoms with Crippen molar-refractivity contribution in [2.75, 3.05) is 12.3 Å². The van der Waals surface area contributed by atoms with Crippen LogP contribution in [0.1, 0.15) is 96.6 Å². The van der Waals surface area contributed by atoms with Gasteiger partial charge in [-0.25, -0.2) is 8.42 Å². The summed E-state index contributed by atoms with van der Waals surface area (Å²) in [6.07, 6.45) is 2.20. The van der Waals surface area contributed by atoms with Crippen LogP contribution in [-0.2, 0) is 35.4 Å². The van der Waals surface area contributed by atoms with Gasteiger partial charge in [-0.15, -0.1) is 0 Å². The largest absolute Gasteiger partial charge is 0.390 e. The van der Waals surface area contributed by atoms with E-state index in [1.54, 1.807) is 44.2 Å². The molecule has 1 fully saturated rings. The minimum Gasteiger partial charge on any atom is -0.390 e. The molecular weight excluding hydrogens is 727 g/mol. The van der Waals surface area contributed by atoms with Gasteiger partial charge in [-0.3, -0.25) is 34.2 Å². The monoisotopic (exact) mass is 783 g/mol. The van der Waals surface area contributed by atoms with Gasteiger partial charge in [0.1, 0.15) is 11.6 Å². The zero-order chi connectivity index (χ0) is 40.8. The lowest BCUT2D eigenvalue weighted by Gasteiger charge is -2.49. The number of Topliss-reactive ketones (excluding diaryl/α,β-unsaturated/α-hetero) is 1. The van der Waals surface area contributed by atoms with Crippen molar-refractivity contribution in [1.29, 1.82) is 0 Å². The third-order valence-corrected chi connectivity index (χ3v) is 12.8. The van der Waals surface area contributed by atoms with Crippen LogP contribution in [0.4, 0.5) is 5.69 Å². The molecule has 4 rings (SSSR count). The van der Waals surface area contributed by atoms with E-state index in [1.807, 2.05) is 13.8 Å². The van der Waals surface area contributed by atoms with Gasteiger partial charge in [0.15, 0.2) is 15.6 Å². The summed E-state index contributed by atoms with van der Waals surface area (Å²) in [5, 5.41) is 26.6. The third-order valence-electron chi connectivity index (χ3n) is 11.0. The van der Waals surface area contributed by atoms with E-state index in [2.05, 4.69) is 5.32 Å². The van der Waals surface area contributed by atoms with Gasteiger partial charge < -0.3 is 21.9 Å². The van der Waals surface area contributed by atoms with E-state index in [0.717, 1.165) is 56.1 Å². The van der Waals surface area contributed by atoms with Crippen LogP contribution in [0.3, 0.4) is 0 Å². The molecule has 14 nitrogen and oxygen atoms in total. The second-order valence-corrected chi connectivity index (χ2v) is 18.2. The highest BCUT2D eigenvalue weighted by Gasteiger charge is 2.61. The summed E-state index contributed by atoms with van der Waals surface area (Å²) in [5.74, 6) is -7.38. The van der Waals surface area contributed by atoms with Crippen molar-refractivity contribution in [2.24, 2.45) is 35.1 Å². The summed E-state index contributed by atoms with van der Waals surface area (Å²) in [6, 6.07) is 9.20. The number of carbonyl (C=O) groups is 4. The Morgan fingerprint density at radius 2 is 1.64 bits per heavy atom. The molecule has 2 aliphatic rings. The maximum atomic E-state index is 16.0. The molecule has 0 radical (unpaired) electrons. The van der Waals surface area contributed by atoms with E-state index in [9.17, 15) is 38.0 Å². The Morgan fingerprint density at radius 1 is 1.00 bits per heavy atom. The van der Waals surface area contributed by atoms with Crippen LogP contribution < -0.4 is 16.8 Å². The van der Waals surface area contributed by atoms with Gasteiger partial charge in [0.2, 0.25) is 17.7 Å². The topological polar surface area (TPSA) is 233 Å². The van der Waals surface area contributed by atoms with Gasteiger partial charge in [-0.05, 0) is 48.1 Å². The molecule has 6 N–H and O–H groups in total. The minimum atomic E-state index is -4.32. The quantitative estimate of drug-likeness (QED) is 0.133. The van der Waals surface area contributed by atoms with Crippen molar-refractivity contribution in [2.45, 2.75) is 121 Å². The normalized spacial score (nSPS) is 20.1. The Hall–Kier alpha value is -4.05. The minimum absolute atomic E-state index is 0.0177. The summed E-state index contributed by atoms with van der Waals surface area (Å²) >= 11 is 0. The number of rotatable bonds is 17. The SMILES string of the molecule is CC(=O)N(C(=O)[C@@H](N)Cc1ccccc1)[C@](CC(C)C)(C(=O)[C@@H](CC1CCCCC1)C(O)C(N)C(=O)NCC(C)C)[C@H]1CS(=O)(=O)c2cc([N+](=O)[O-])ccc21. The van der Waals surface area contributed by atoms with Crippen molar-refractivity contribution in [1.82, 2.24) is 10.2 Å². The maximum absolute atomic E-state index is 16.0. The molecule has 302 valence electrons. The number of aliphatic hydroxyl groups excluding tert-OH is 1. The molecule has 2 unspecified atom stereocenters. The van der Waals surface area contributed by atoms with E-state index in [4.69, 9.17) is 11.5 Å². The van der Waals surface area contributed by atoms with Crippen LogP contribution >= 0.6 is 0 Å². The fourth-order valence-electron chi connectivity index (χ4n) is 8.47. The Balaban J connectivity index is 2.01. The molecule has 6 atom stereocenters. The first-order valence-corrected chi connectivity index (χ1v) is 20.9. The number of imide groups is 1. The lowest BCUT2D eigenvalue weighted by atomic mass is 9.65. The van der Waals surface area contributed by atoms with Gasteiger partial charge in [0.25, 0.3) is 5.69 Å². The number of carbonyl (C=O) groups excluding carboxylic acids is 4. The zero-order valence-corrected chi connectivity index (χ0v) is 33.3. The van der Waals surface area contributed by atoms with E-state index in [-0.39, 0.29) is 48.1 Å². The number of ketones is 1. The Kier molecular flexibility index (Phi) is 14.5. The van der Waals surface area contributed by atoms with Crippen molar-refractivity contribution in [3.8, 4) is 0 Å². The number of nitrogens with zero attached hydrogens (tertiary/aromatic N) is 2. The fraction of sp³-hybridized carbons (Fsp3) is 0.600. The highest BCUT2D eigenvalue weighted by Crippen LogP contribution is 2.50. The van der Waals surface area contributed by atoms with E-state index in [0.29, 0.717) is 5.56 Å². The molecule has 1 saturated carbocycles. The first-order valence-electron chi connectivity index (χ1n) is 19.2. The number of nitro groups is 1. The molecule has 0 aromatic heterocycles. The molecule has 2 aromatic rings. The predicted molar refractivity (Wildman–Crippen MR) is 207 cm³/mol. The average molecular weight is 784 g/mol. The summed E-state index contributed by atoms with van der Waals surface area (Å²) in [7, 11) is -4.32. The van der Waals surface area contributed by atoms with Crippen molar-refractivity contribution >= 4 is 39.0 Å². The number of aliphatic hydroxyl groups is 1. The molecule has 1 aliphatic carbocycles. The first-order chi connectivity index (χ1) is 25.8. The lowest BCUT2D eigenvalue weighted by molar-refractivity contribution is -0.385. The van der Waals surface area contributed by atoms with E-state index < -0.39 is 91.2 Å². The average Bonchev–Trinajstić information content (AvgIpc) is 3.41. The van der Waals surface area contributed by atoms with Crippen molar-refractivity contribution in [3.63, 3.8) is 0 Å². The number of hydrogen-bond acceptors (Lipinski definition) is 11. The highest BCUT2D eigenvalue weighted by atomic mass is 32.2. The van der Waals surface area contributed by atoms with Crippen LogP contribution in [-0.4, -0.2) is 82.9 Å². The zero-order valence-electron chi connectivity index (χ0n) is 32.5. The lowest BCUT2D eigenvalue weighted by Crippen LogP contribution is -2.68. The molecular formula is C40H57N5O9S. The van der Waals surface area contributed by atoms with Gasteiger partial charge >= 0.3 is 0 Å². The Labute approximate surface area is 323 Å². The van der Waals surface area contributed by atoms with Crippen LogP contribution in [0.5, 0.6) is 0 Å². The van der Waals surface area contributed by atoms with Crippen LogP contribution in [0.15, 0.2) is 53.4 Å². The number of fused-ring (bicyclic) bond motifs is 1. The van der Waals surface area contributed by atoms with Gasteiger partial charge in [-0.1, -0.05) is 96.2 Å². The molecule has 3 amide bonds. The standard InChI is InChI=1S/C40H57N5O9S/c1-24(2)21-40(32-23-55(53,54)34-20-29(45(51)52)16-17-30(32)34,44(26(5)46)39(50)33(41)19-28-14-10-7-11-15-28)37(48)31(18-27-12-8-6-9-13-27)36(47)35(42)38(49)43-22-25(3)4/h7,10-11,14-17,20,24-25,27,31-33,35-36,47H,6,8-9,12-13,18-19,21-23,41-42H2,1-5H3,(H,43,49)/t31-,32-,33-,35?,36?,40-/m0/s1. The summed E-state index contributed by atoms with van der Waals surface area (Å²) in [6.45, 7) is 8.64. The Bertz CT molecular complexity index is 1830. The van der Waals surface area contributed by atoms with Crippen LogP contribution in [0.25, 0.3) is 0 Å². The number of benzene rings is 2. The fourth-order valence-corrected chi connectivity index (χ4v) is 10.4. The number of nitrogens with one attached hydrogen (secondary N) is 1. The Morgan fingerprint density at radius 3 is 2.20 bits per heavy atom. The molecule has 0 saturated heterocycles. The number of hydrogen-bond donors (Lipinski definition) is 4. The second-order valence-electron chi connectivity index (χ2n) is 16.2. The summed E-state index contributed by atoms with van der Waals surface area (Å²) in [5.41, 5.74) is 11.0. The molecule has 0 bridgehead atoms. The molecule has 15 heteroatoms. The van der Waals surface area contributed by atoms with E-state index in [1.165, 1.54) is 6.07 Å². The summed E-state index contributed by atoms with van der Waals surface area (Å²) < 4.78 is 28.0. The number of non-ortho nitro benzene ring substituents is 1. The van der Waals surface area contributed by atoms with Crippen LogP contribution in [0, 0.1) is 33.8 Å². The second kappa shape index (κ2) is 18.3. The number of amides is 3. The highest BCUT2D eigenvalue weighted by molar-refractivity contribution is 7.91.